The first-order chi connectivity index (χ1) is 10.8. The number of rotatable bonds is 8. The van der Waals surface area contributed by atoms with Crippen LogP contribution in [-0.2, 0) is 14.3 Å². The van der Waals surface area contributed by atoms with Gasteiger partial charge in [0.15, 0.2) is 12.6 Å². The number of aliphatic hydroxyl groups is 8. The first-order valence-electron chi connectivity index (χ1n) is 6.84. The van der Waals surface area contributed by atoms with Crippen LogP contribution in [0.1, 0.15) is 0 Å². The molecule has 1 heterocycles. The van der Waals surface area contributed by atoms with Crippen molar-refractivity contribution in [1.82, 2.24) is 0 Å². The van der Waals surface area contributed by atoms with Crippen LogP contribution in [0.4, 0.5) is 0 Å². The SMILES string of the molecule is O=C[C@H](O)[C@@H](O[C@@H]1O[C@H](CO)[C@@H](O)[C@H](O)[C@@H]1O)[C@H](O)[C@H](O)CO. The van der Waals surface area contributed by atoms with Gasteiger partial charge in [-0.25, -0.2) is 0 Å². The first kappa shape index (κ1) is 20.3. The molecule has 0 amide bonds. The molecule has 0 spiro atoms. The summed E-state index contributed by atoms with van der Waals surface area (Å²) in [4.78, 5) is 10.7. The topological polar surface area (TPSA) is 197 Å². The van der Waals surface area contributed by atoms with Crippen LogP contribution in [0.2, 0.25) is 0 Å². The summed E-state index contributed by atoms with van der Waals surface area (Å²) in [6.07, 6.45) is -15.7. The fourth-order valence-corrected chi connectivity index (χ4v) is 2.10. The van der Waals surface area contributed by atoms with Gasteiger partial charge in [-0.05, 0) is 0 Å². The van der Waals surface area contributed by atoms with Crippen LogP contribution in [0.15, 0.2) is 0 Å². The maximum absolute atomic E-state index is 10.7. The minimum atomic E-state index is -1.95. The number of hydrogen-bond acceptors (Lipinski definition) is 11. The molecule has 11 nitrogen and oxygen atoms in total. The summed E-state index contributed by atoms with van der Waals surface area (Å²) in [7, 11) is 0. The van der Waals surface area contributed by atoms with Crippen LogP contribution < -0.4 is 0 Å². The molecule has 0 aromatic carbocycles. The molecular weight excluding hydrogens is 320 g/mol. The summed E-state index contributed by atoms with van der Waals surface area (Å²) in [5, 5.41) is 75.6. The second-order valence-corrected chi connectivity index (χ2v) is 5.17. The maximum Gasteiger partial charge on any atom is 0.187 e. The molecule has 0 aromatic rings. The Kier molecular flexibility index (Phi) is 7.89. The molecule has 0 bridgehead atoms. The molecule has 11 heteroatoms. The highest BCUT2D eigenvalue weighted by molar-refractivity contribution is 5.56. The van der Waals surface area contributed by atoms with Gasteiger partial charge in [0.25, 0.3) is 0 Å². The molecule has 8 N–H and O–H groups in total. The van der Waals surface area contributed by atoms with E-state index >= 15 is 0 Å². The van der Waals surface area contributed by atoms with E-state index in [0.29, 0.717) is 0 Å². The molecular formula is C12H22O11. The lowest BCUT2D eigenvalue weighted by Gasteiger charge is -2.41. The number of carbonyl (C=O) groups excluding carboxylic acids is 1. The lowest BCUT2D eigenvalue weighted by molar-refractivity contribution is -0.324. The van der Waals surface area contributed by atoms with Crippen LogP contribution in [0.5, 0.6) is 0 Å². The molecule has 1 saturated heterocycles. The third-order valence-electron chi connectivity index (χ3n) is 3.53. The largest absolute Gasteiger partial charge is 0.394 e. The summed E-state index contributed by atoms with van der Waals surface area (Å²) in [5.41, 5.74) is 0. The second kappa shape index (κ2) is 8.94. The van der Waals surface area contributed by atoms with E-state index in [1.807, 2.05) is 0 Å². The lowest BCUT2D eigenvalue weighted by Crippen LogP contribution is -2.61. The van der Waals surface area contributed by atoms with Crippen molar-refractivity contribution >= 4 is 6.29 Å². The second-order valence-electron chi connectivity index (χ2n) is 5.17. The third-order valence-corrected chi connectivity index (χ3v) is 3.53. The maximum atomic E-state index is 10.7. The minimum Gasteiger partial charge on any atom is -0.394 e. The molecule has 0 aromatic heterocycles. The number of aliphatic hydroxyl groups excluding tert-OH is 8. The minimum absolute atomic E-state index is 0.0119. The van der Waals surface area contributed by atoms with Gasteiger partial charge in [-0.3, -0.25) is 0 Å². The van der Waals surface area contributed by atoms with E-state index in [0.717, 1.165) is 0 Å². The Balaban J connectivity index is 2.91. The van der Waals surface area contributed by atoms with E-state index in [2.05, 4.69) is 0 Å². The van der Waals surface area contributed by atoms with Gasteiger partial charge in [0.05, 0.1) is 13.2 Å². The average molecular weight is 342 g/mol. The summed E-state index contributed by atoms with van der Waals surface area (Å²) in [6.45, 7) is -1.63. The summed E-state index contributed by atoms with van der Waals surface area (Å²) in [6, 6.07) is 0. The Morgan fingerprint density at radius 2 is 1.65 bits per heavy atom. The monoisotopic (exact) mass is 342 g/mol. The predicted octanol–water partition coefficient (Wildman–Crippen LogP) is -5.55. The van der Waals surface area contributed by atoms with Crippen LogP contribution in [-0.4, -0.2) is 115 Å². The van der Waals surface area contributed by atoms with E-state index in [9.17, 15) is 35.4 Å². The smallest absolute Gasteiger partial charge is 0.187 e. The number of ether oxygens (including phenoxy) is 2. The van der Waals surface area contributed by atoms with E-state index in [4.69, 9.17) is 19.7 Å². The Labute approximate surface area is 130 Å². The van der Waals surface area contributed by atoms with Gasteiger partial charge in [-0.2, -0.15) is 0 Å². The number of carbonyl (C=O) groups is 1. The molecule has 1 aliphatic rings. The normalized spacial score (nSPS) is 37.0. The standard InChI is InChI=1S/C12H22O11/c13-1-4(16)7(18)11(5(17)2-14)23-12-10(21)9(20)8(19)6(3-15)22-12/h2,4-13,15-21H,1,3H2/t4-,5+,6-,7-,8-,9+,10+,11-,12+/m1/s1. The zero-order valence-corrected chi connectivity index (χ0v) is 12.0. The highest BCUT2D eigenvalue weighted by Crippen LogP contribution is 2.24. The van der Waals surface area contributed by atoms with Crippen molar-refractivity contribution in [2.45, 2.75) is 55.1 Å². The Bertz CT molecular complexity index is 365. The highest BCUT2D eigenvalue weighted by atomic mass is 16.7. The fourth-order valence-electron chi connectivity index (χ4n) is 2.10. The van der Waals surface area contributed by atoms with Gasteiger partial charge in [0, 0.05) is 0 Å². The molecule has 136 valence electrons. The van der Waals surface area contributed by atoms with Crippen LogP contribution in [0.25, 0.3) is 0 Å². The van der Waals surface area contributed by atoms with Crippen molar-refractivity contribution in [2.75, 3.05) is 13.2 Å². The van der Waals surface area contributed by atoms with Crippen molar-refractivity contribution in [3.8, 4) is 0 Å². The van der Waals surface area contributed by atoms with Crippen molar-refractivity contribution < 1.29 is 55.1 Å². The highest BCUT2D eigenvalue weighted by Gasteiger charge is 2.46. The molecule has 0 aliphatic carbocycles. The zero-order valence-electron chi connectivity index (χ0n) is 12.0. The number of hydrogen-bond donors (Lipinski definition) is 8. The number of aldehydes is 1. The summed E-state index contributed by atoms with van der Waals surface area (Å²) in [5.74, 6) is 0. The van der Waals surface area contributed by atoms with Gasteiger partial charge < -0.3 is 55.1 Å². The van der Waals surface area contributed by atoms with E-state index in [-0.39, 0.29) is 6.29 Å². The van der Waals surface area contributed by atoms with E-state index in [1.165, 1.54) is 0 Å². The van der Waals surface area contributed by atoms with Crippen molar-refractivity contribution in [1.29, 1.82) is 0 Å². The van der Waals surface area contributed by atoms with Crippen LogP contribution in [0.3, 0.4) is 0 Å². The van der Waals surface area contributed by atoms with Gasteiger partial charge in [-0.15, -0.1) is 0 Å². The molecule has 1 aliphatic heterocycles. The van der Waals surface area contributed by atoms with Crippen molar-refractivity contribution in [2.24, 2.45) is 0 Å². The molecule has 0 radical (unpaired) electrons. The third kappa shape index (κ3) is 4.64. The summed E-state index contributed by atoms with van der Waals surface area (Å²) < 4.78 is 10.0. The lowest BCUT2D eigenvalue weighted by atomic mass is 9.98. The molecule has 0 unspecified atom stereocenters. The molecule has 9 atom stereocenters. The Morgan fingerprint density at radius 1 is 1.04 bits per heavy atom. The molecule has 23 heavy (non-hydrogen) atoms. The zero-order chi connectivity index (χ0) is 17.7. The first-order valence-corrected chi connectivity index (χ1v) is 6.84. The van der Waals surface area contributed by atoms with Gasteiger partial charge in [-0.1, -0.05) is 0 Å². The summed E-state index contributed by atoms with van der Waals surface area (Å²) >= 11 is 0. The van der Waals surface area contributed by atoms with Crippen LogP contribution in [0, 0.1) is 0 Å². The van der Waals surface area contributed by atoms with E-state index < -0.39 is 68.3 Å². The van der Waals surface area contributed by atoms with Gasteiger partial charge >= 0.3 is 0 Å². The molecule has 1 rings (SSSR count). The van der Waals surface area contributed by atoms with Crippen LogP contribution >= 0.6 is 0 Å². The molecule has 0 saturated carbocycles. The average Bonchev–Trinajstić information content (AvgIpc) is 2.57. The van der Waals surface area contributed by atoms with Gasteiger partial charge in [0.2, 0.25) is 0 Å². The van der Waals surface area contributed by atoms with E-state index in [1.54, 1.807) is 0 Å². The quantitative estimate of drug-likeness (QED) is 0.196. The fraction of sp³-hybridized carbons (Fsp3) is 0.917. The molecule has 1 fully saturated rings. The van der Waals surface area contributed by atoms with Crippen molar-refractivity contribution in [3.05, 3.63) is 0 Å². The predicted molar refractivity (Wildman–Crippen MR) is 69.8 cm³/mol. The Morgan fingerprint density at radius 3 is 2.13 bits per heavy atom. The Hall–Kier alpha value is -0.730. The van der Waals surface area contributed by atoms with Crippen molar-refractivity contribution in [3.63, 3.8) is 0 Å². The van der Waals surface area contributed by atoms with Gasteiger partial charge in [0.1, 0.15) is 48.8 Å².